The zero-order valence-electron chi connectivity index (χ0n) is 22.0. The van der Waals surface area contributed by atoms with Gasteiger partial charge in [-0.1, -0.05) is 88.4 Å². The summed E-state index contributed by atoms with van der Waals surface area (Å²) in [6.07, 6.45) is -0.993. The Labute approximate surface area is 224 Å². The lowest BCUT2D eigenvalue weighted by molar-refractivity contribution is 0.0910. The molecule has 2 fully saturated rings. The zero-order valence-corrected chi connectivity index (χ0v) is 22.8. The van der Waals surface area contributed by atoms with Crippen LogP contribution < -0.4 is 5.32 Å². The standard InChI is InChI=1S/C14H19NO3.C8H7ClO2.C6H13NO/c1-14(2)10-15(8-12(14)16)13(17)18-9-11-6-4-3-5-7-11;9-8(10)11-6-7-4-2-1-3-5-7;1-6(2)4-7-3-5(6)8/h3-7,12,16H,8-10H2,1-2H3;1-5H,6H2;5,7-8H,3-4H2,1-2H3. The van der Waals surface area contributed by atoms with Gasteiger partial charge in [-0.05, 0) is 11.1 Å². The molecule has 9 heteroatoms. The Balaban J connectivity index is 0.000000215. The molecule has 2 aromatic carbocycles. The molecular weight excluding hydrogens is 496 g/mol. The van der Waals surface area contributed by atoms with Crippen molar-refractivity contribution in [3.8, 4) is 0 Å². The van der Waals surface area contributed by atoms with Crippen molar-refractivity contribution in [1.29, 1.82) is 0 Å². The Morgan fingerprint density at radius 3 is 1.76 bits per heavy atom. The number of aliphatic hydroxyl groups excluding tert-OH is 2. The maximum Gasteiger partial charge on any atom is 0.410 e. The van der Waals surface area contributed by atoms with Crippen molar-refractivity contribution >= 4 is 23.1 Å². The predicted molar refractivity (Wildman–Crippen MR) is 143 cm³/mol. The van der Waals surface area contributed by atoms with Crippen LogP contribution in [0.4, 0.5) is 9.59 Å². The molecule has 2 aliphatic rings. The fourth-order valence-electron chi connectivity index (χ4n) is 3.71. The van der Waals surface area contributed by atoms with Gasteiger partial charge in [0.15, 0.2) is 0 Å². The van der Waals surface area contributed by atoms with E-state index >= 15 is 0 Å². The van der Waals surface area contributed by atoms with Crippen LogP contribution in [0.2, 0.25) is 0 Å². The molecule has 204 valence electrons. The molecular formula is C28H39ClN2O6. The summed E-state index contributed by atoms with van der Waals surface area (Å²) < 4.78 is 9.78. The first-order valence-corrected chi connectivity index (χ1v) is 12.7. The molecule has 2 unspecified atom stereocenters. The number of ether oxygens (including phenoxy) is 2. The number of carbonyl (C=O) groups is 2. The van der Waals surface area contributed by atoms with Gasteiger partial charge in [-0.25, -0.2) is 9.59 Å². The number of β-amino-alcohol motifs (C(OH)–C–C–N with tert-alkyl or cyclic N) is 2. The fraction of sp³-hybridized carbons (Fsp3) is 0.500. The zero-order chi connectivity index (χ0) is 27.5. The van der Waals surface area contributed by atoms with Crippen LogP contribution in [0, 0.1) is 10.8 Å². The third-order valence-corrected chi connectivity index (χ3v) is 6.48. The summed E-state index contributed by atoms with van der Waals surface area (Å²) in [5, 5.41) is 22.1. The van der Waals surface area contributed by atoms with Crippen molar-refractivity contribution in [2.24, 2.45) is 10.8 Å². The number of likely N-dealkylation sites (tertiary alicyclic amines) is 1. The van der Waals surface area contributed by atoms with E-state index in [9.17, 15) is 19.8 Å². The fourth-order valence-corrected chi connectivity index (χ4v) is 3.76. The molecule has 4 rings (SSSR count). The van der Waals surface area contributed by atoms with E-state index in [-0.39, 0.29) is 36.2 Å². The smallest absolute Gasteiger partial charge is 0.410 e. The number of nitrogens with one attached hydrogen (secondary N) is 1. The number of benzene rings is 2. The van der Waals surface area contributed by atoms with Crippen molar-refractivity contribution in [3.05, 3.63) is 71.8 Å². The summed E-state index contributed by atoms with van der Waals surface area (Å²) in [6, 6.07) is 18.9. The van der Waals surface area contributed by atoms with Crippen LogP contribution in [0.1, 0.15) is 38.8 Å². The van der Waals surface area contributed by atoms with Crippen LogP contribution in [0.3, 0.4) is 0 Å². The summed E-state index contributed by atoms with van der Waals surface area (Å²) in [6.45, 7) is 11.1. The monoisotopic (exact) mass is 534 g/mol. The van der Waals surface area contributed by atoms with Crippen LogP contribution in [-0.4, -0.2) is 65.0 Å². The number of carbonyl (C=O) groups excluding carboxylic acids is 2. The second-order valence-electron chi connectivity index (χ2n) is 10.6. The minimum atomic E-state index is -0.770. The Morgan fingerprint density at radius 2 is 1.41 bits per heavy atom. The van der Waals surface area contributed by atoms with Crippen molar-refractivity contribution in [3.63, 3.8) is 0 Å². The average molecular weight is 535 g/mol. The number of amides is 1. The van der Waals surface area contributed by atoms with E-state index in [0.717, 1.165) is 24.2 Å². The highest BCUT2D eigenvalue weighted by molar-refractivity contribution is 6.61. The van der Waals surface area contributed by atoms with Crippen LogP contribution in [0.5, 0.6) is 0 Å². The number of rotatable bonds is 4. The normalized spacial score (nSPS) is 21.1. The van der Waals surface area contributed by atoms with E-state index in [1.54, 1.807) is 4.90 Å². The molecule has 8 nitrogen and oxygen atoms in total. The second kappa shape index (κ2) is 14.3. The van der Waals surface area contributed by atoms with E-state index in [4.69, 9.17) is 16.3 Å². The number of aliphatic hydroxyl groups is 2. The minimum Gasteiger partial charge on any atom is -0.449 e. The van der Waals surface area contributed by atoms with Gasteiger partial charge in [0.05, 0.1) is 18.8 Å². The topological polar surface area (TPSA) is 108 Å². The Morgan fingerprint density at radius 1 is 0.892 bits per heavy atom. The van der Waals surface area contributed by atoms with Crippen molar-refractivity contribution in [2.75, 3.05) is 26.2 Å². The molecule has 2 saturated heterocycles. The van der Waals surface area contributed by atoms with Gasteiger partial charge in [-0.2, -0.15) is 0 Å². The molecule has 1 amide bonds. The predicted octanol–water partition coefficient (Wildman–Crippen LogP) is 4.56. The van der Waals surface area contributed by atoms with E-state index in [2.05, 4.69) is 23.9 Å². The lowest BCUT2D eigenvalue weighted by Crippen LogP contribution is -2.30. The lowest BCUT2D eigenvalue weighted by Gasteiger charge is -2.20. The Hall–Kier alpha value is -2.65. The van der Waals surface area contributed by atoms with Gasteiger partial charge >= 0.3 is 11.5 Å². The van der Waals surface area contributed by atoms with Gasteiger partial charge in [0.2, 0.25) is 0 Å². The maximum absolute atomic E-state index is 11.8. The van der Waals surface area contributed by atoms with Crippen molar-refractivity contribution in [1.82, 2.24) is 10.2 Å². The number of nitrogens with zero attached hydrogens (tertiary/aromatic N) is 1. The quantitative estimate of drug-likeness (QED) is 0.493. The molecule has 2 atom stereocenters. The molecule has 0 aliphatic carbocycles. The van der Waals surface area contributed by atoms with Gasteiger partial charge in [-0.15, -0.1) is 0 Å². The first-order chi connectivity index (χ1) is 17.4. The molecule has 0 aromatic heterocycles. The molecule has 0 spiro atoms. The molecule has 2 heterocycles. The second-order valence-corrected chi connectivity index (χ2v) is 10.9. The van der Waals surface area contributed by atoms with Gasteiger partial charge in [0.1, 0.15) is 13.2 Å². The number of halogens is 1. The van der Waals surface area contributed by atoms with E-state index in [1.165, 1.54) is 0 Å². The average Bonchev–Trinajstić information content (AvgIpc) is 3.33. The van der Waals surface area contributed by atoms with Gasteiger partial charge in [0, 0.05) is 42.1 Å². The molecule has 0 saturated carbocycles. The minimum absolute atomic E-state index is 0.0972. The van der Waals surface area contributed by atoms with Gasteiger partial charge < -0.3 is 29.9 Å². The molecule has 37 heavy (non-hydrogen) atoms. The van der Waals surface area contributed by atoms with E-state index in [0.29, 0.717) is 13.1 Å². The van der Waals surface area contributed by atoms with Crippen LogP contribution in [0.25, 0.3) is 0 Å². The molecule has 2 aliphatic heterocycles. The largest absolute Gasteiger partial charge is 0.449 e. The number of hydrogen-bond acceptors (Lipinski definition) is 7. The molecule has 3 N–H and O–H groups in total. The third-order valence-electron chi connectivity index (χ3n) is 6.37. The SMILES string of the molecule is CC1(C)CN(C(=O)OCc2ccccc2)CC1O.CC1(C)CNCC1O.O=C(Cl)OCc1ccccc1. The lowest BCUT2D eigenvalue weighted by atomic mass is 9.90. The highest BCUT2D eigenvalue weighted by Crippen LogP contribution is 2.29. The summed E-state index contributed by atoms with van der Waals surface area (Å²) >= 11 is 4.97. The van der Waals surface area contributed by atoms with Gasteiger partial charge in [0.25, 0.3) is 0 Å². The Bertz CT molecular complexity index is 971. The van der Waals surface area contributed by atoms with Crippen molar-refractivity contribution < 1.29 is 29.3 Å². The van der Waals surface area contributed by atoms with E-state index in [1.807, 2.05) is 74.5 Å². The first-order valence-electron chi connectivity index (χ1n) is 12.3. The maximum atomic E-state index is 11.8. The summed E-state index contributed by atoms with van der Waals surface area (Å²) in [7, 11) is 0. The molecule has 0 bridgehead atoms. The molecule has 0 radical (unpaired) electrons. The van der Waals surface area contributed by atoms with Gasteiger partial charge in [-0.3, -0.25) is 0 Å². The van der Waals surface area contributed by atoms with E-state index < -0.39 is 11.5 Å². The molecule has 2 aromatic rings. The Kier molecular flexibility index (Phi) is 11.8. The highest BCUT2D eigenvalue weighted by Gasteiger charge is 2.40. The van der Waals surface area contributed by atoms with Crippen LogP contribution in [-0.2, 0) is 22.7 Å². The third kappa shape index (κ3) is 10.7. The van der Waals surface area contributed by atoms with Crippen molar-refractivity contribution in [2.45, 2.75) is 53.1 Å². The first kappa shape index (κ1) is 30.6. The van der Waals surface area contributed by atoms with Crippen LogP contribution >= 0.6 is 11.6 Å². The highest BCUT2D eigenvalue weighted by atomic mass is 35.5. The summed E-state index contributed by atoms with van der Waals surface area (Å²) in [5.41, 5.74) is 0.964. The number of hydrogen-bond donors (Lipinski definition) is 3. The summed E-state index contributed by atoms with van der Waals surface area (Å²) in [5.74, 6) is 0. The van der Waals surface area contributed by atoms with Crippen LogP contribution in [0.15, 0.2) is 60.7 Å². The summed E-state index contributed by atoms with van der Waals surface area (Å²) in [4.78, 5) is 23.6.